The normalized spacial score (nSPS) is 19.3. The Hall–Kier alpha value is -1.83. The van der Waals surface area contributed by atoms with Crippen LogP contribution in [0.5, 0.6) is 0 Å². The van der Waals surface area contributed by atoms with Crippen LogP contribution in [0.25, 0.3) is 16.6 Å². The topological polar surface area (TPSA) is 78.6 Å². The van der Waals surface area contributed by atoms with E-state index in [-0.39, 0.29) is 29.8 Å². The van der Waals surface area contributed by atoms with Crippen molar-refractivity contribution < 1.29 is 10.2 Å². The predicted octanol–water partition coefficient (Wildman–Crippen LogP) is 3.59. The number of anilines is 1. The maximum atomic E-state index is 13.0. The minimum Gasteiger partial charge on any atom is -0.394 e. The second-order valence-corrected chi connectivity index (χ2v) is 8.26. The van der Waals surface area contributed by atoms with Crippen molar-refractivity contribution >= 4 is 51.4 Å². The molecule has 4 rings (SSSR count). The molecule has 1 aromatic carbocycles. The lowest BCUT2D eigenvalue weighted by atomic mass is 10.1. The summed E-state index contributed by atoms with van der Waals surface area (Å²) in [5, 5.41) is 21.1. The highest BCUT2D eigenvalue weighted by Gasteiger charge is 2.33. The van der Waals surface area contributed by atoms with Crippen LogP contribution in [0, 0.1) is 6.92 Å². The molecule has 0 bridgehead atoms. The summed E-state index contributed by atoms with van der Waals surface area (Å²) in [6.07, 6.45) is 1.29. The number of hydrogen-bond acceptors (Lipinski definition) is 5. The Labute approximate surface area is 181 Å². The molecule has 3 aromatic rings. The molecular weight excluding hydrogens is 437 g/mol. The molecule has 152 valence electrons. The van der Waals surface area contributed by atoms with Crippen molar-refractivity contribution in [3.8, 4) is 5.69 Å². The van der Waals surface area contributed by atoms with Crippen molar-refractivity contribution in [2.75, 3.05) is 18.1 Å². The summed E-state index contributed by atoms with van der Waals surface area (Å²) < 4.78 is 1.72. The molecule has 9 heteroatoms. The van der Waals surface area contributed by atoms with E-state index >= 15 is 0 Å². The maximum absolute atomic E-state index is 13.0. The van der Waals surface area contributed by atoms with E-state index in [9.17, 15) is 15.0 Å². The zero-order valence-corrected chi connectivity index (χ0v) is 17.7. The molecule has 0 spiro atoms. The third-order valence-electron chi connectivity index (χ3n) is 5.22. The molecule has 2 aromatic heterocycles. The number of aliphatic hydroxyl groups is 2. The molecule has 0 saturated carbocycles. The number of aryl methyl sites for hydroxylation is 1. The van der Waals surface area contributed by atoms with Gasteiger partial charge in [-0.05, 0) is 25.5 Å². The number of hydrogen-bond donors (Lipinski definition) is 2. The number of aromatic nitrogens is 2. The largest absolute Gasteiger partial charge is 0.394 e. The summed E-state index contributed by atoms with van der Waals surface area (Å²) in [7, 11) is 0. The van der Waals surface area contributed by atoms with Gasteiger partial charge in [-0.2, -0.15) is 0 Å². The molecular formula is C20H18Cl3N3O3. The van der Waals surface area contributed by atoms with Crippen LogP contribution in [0.4, 0.5) is 5.69 Å². The van der Waals surface area contributed by atoms with Gasteiger partial charge < -0.3 is 19.7 Å². The number of β-amino-alcohol motifs (C(OH)–C–C–N with tert-alkyl or cyclic N) is 1. The summed E-state index contributed by atoms with van der Waals surface area (Å²) in [5.74, 6) is 0. The number of halogens is 3. The Kier molecular flexibility index (Phi) is 5.48. The quantitative estimate of drug-likeness (QED) is 0.591. The van der Waals surface area contributed by atoms with Crippen LogP contribution in [-0.2, 0) is 0 Å². The Morgan fingerprint density at radius 2 is 1.93 bits per heavy atom. The number of pyridine rings is 2. The standard InChI is InChI=1S/C20H18Cl3N3O3/c1-10-5-16(29)17-15(25-8-12(28)6-11(25)9-27)7-24-20(23)19(17)26(10)18-13(21)3-2-4-14(18)22/h2-5,7,11-12,27-28H,6,8-9H2,1H3/t11-,12+/m1/s1. The Morgan fingerprint density at radius 3 is 2.59 bits per heavy atom. The van der Waals surface area contributed by atoms with Gasteiger partial charge in [0.25, 0.3) is 0 Å². The van der Waals surface area contributed by atoms with Crippen LogP contribution < -0.4 is 10.3 Å². The summed E-state index contributed by atoms with van der Waals surface area (Å²) >= 11 is 19.3. The van der Waals surface area contributed by atoms with E-state index in [0.717, 1.165) is 0 Å². The van der Waals surface area contributed by atoms with Gasteiger partial charge in [0.1, 0.15) is 0 Å². The molecule has 2 N–H and O–H groups in total. The van der Waals surface area contributed by atoms with Crippen molar-refractivity contribution in [1.29, 1.82) is 0 Å². The molecule has 0 aliphatic carbocycles. The van der Waals surface area contributed by atoms with Crippen molar-refractivity contribution in [3.05, 3.63) is 61.6 Å². The third-order valence-corrected chi connectivity index (χ3v) is 6.11. The van der Waals surface area contributed by atoms with Gasteiger partial charge in [0.15, 0.2) is 10.6 Å². The molecule has 1 fully saturated rings. The molecule has 2 atom stereocenters. The third kappa shape index (κ3) is 3.39. The van der Waals surface area contributed by atoms with Crippen molar-refractivity contribution in [1.82, 2.24) is 9.55 Å². The molecule has 6 nitrogen and oxygen atoms in total. The van der Waals surface area contributed by atoms with Crippen LogP contribution in [0.2, 0.25) is 15.2 Å². The van der Waals surface area contributed by atoms with Crippen molar-refractivity contribution in [2.24, 2.45) is 0 Å². The average molecular weight is 455 g/mol. The summed E-state index contributed by atoms with van der Waals surface area (Å²) in [4.78, 5) is 19.1. The zero-order chi connectivity index (χ0) is 20.9. The molecule has 29 heavy (non-hydrogen) atoms. The first-order chi connectivity index (χ1) is 13.8. The van der Waals surface area contributed by atoms with Gasteiger partial charge in [-0.25, -0.2) is 4.98 Å². The monoisotopic (exact) mass is 453 g/mol. The molecule has 1 aliphatic heterocycles. The molecule has 3 heterocycles. The van der Waals surface area contributed by atoms with Gasteiger partial charge in [0, 0.05) is 18.3 Å². The highest BCUT2D eigenvalue weighted by Crippen LogP contribution is 2.37. The van der Waals surface area contributed by atoms with Crippen LogP contribution in [0.15, 0.2) is 35.3 Å². The van der Waals surface area contributed by atoms with E-state index in [1.54, 1.807) is 34.6 Å². The van der Waals surface area contributed by atoms with Crippen LogP contribution >= 0.6 is 34.8 Å². The second-order valence-electron chi connectivity index (χ2n) is 7.09. The van der Waals surface area contributed by atoms with E-state index < -0.39 is 6.10 Å². The van der Waals surface area contributed by atoms with Crippen LogP contribution in [0.1, 0.15) is 12.1 Å². The van der Waals surface area contributed by atoms with E-state index in [4.69, 9.17) is 34.8 Å². The Morgan fingerprint density at radius 1 is 1.24 bits per heavy atom. The highest BCUT2D eigenvalue weighted by molar-refractivity contribution is 6.38. The van der Waals surface area contributed by atoms with Gasteiger partial charge >= 0.3 is 0 Å². The van der Waals surface area contributed by atoms with Crippen LogP contribution in [-0.4, -0.2) is 45.1 Å². The number of fused-ring (bicyclic) bond motifs is 1. The fourth-order valence-electron chi connectivity index (χ4n) is 3.99. The first-order valence-electron chi connectivity index (χ1n) is 9.04. The minimum absolute atomic E-state index is 0.126. The summed E-state index contributed by atoms with van der Waals surface area (Å²) in [6, 6.07) is 6.31. The Balaban J connectivity index is 2.10. The fraction of sp³-hybridized carbons (Fsp3) is 0.300. The van der Waals surface area contributed by atoms with E-state index in [1.807, 2.05) is 0 Å². The number of para-hydroxylation sites is 1. The lowest BCUT2D eigenvalue weighted by Crippen LogP contribution is -2.33. The van der Waals surface area contributed by atoms with E-state index in [0.29, 0.717) is 44.4 Å². The molecule has 0 unspecified atom stereocenters. The zero-order valence-electron chi connectivity index (χ0n) is 15.4. The van der Waals surface area contributed by atoms with Gasteiger partial charge in [0.05, 0.1) is 57.3 Å². The van der Waals surface area contributed by atoms with E-state index in [2.05, 4.69) is 4.98 Å². The SMILES string of the molecule is Cc1cc(=O)c2c(N3C[C@@H](O)C[C@@H]3CO)cnc(Cl)c2n1-c1c(Cl)cccc1Cl. The first-order valence-corrected chi connectivity index (χ1v) is 10.2. The van der Waals surface area contributed by atoms with Gasteiger partial charge in [0.2, 0.25) is 0 Å². The highest BCUT2D eigenvalue weighted by atomic mass is 35.5. The van der Waals surface area contributed by atoms with Crippen molar-refractivity contribution in [2.45, 2.75) is 25.5 Å². The summed E-state index contributed by atoms with van der Waals surface area (Å²) in [6.45, 7) is 1.89. The van der Waals surface area contributed by atoms with Gasteiger partial charge in [-0.3, -0.25) is 4.79 Å². The number of rotatable bonds is 3. The number of aliphatic hydroxyl groups excluding tert-OH is 2. The molecule has 1 aliphatic rings. The number of benzene rings is 1. The lowest BCUT2D eigenvalue weighted by molar-refractivity contribution is 0.184. The molecule has 1 saturated heterocycles. The van der Waals surface area contributed by atoms with Gasteiger partial charge in [-0.15, -0.1) is 0 Å². The fourth-order valence-corrected chi connectivity index (χ4v) is 4.78. The second kappa shape index (κ2) is 7.78. The van der Waals surface area contributed by atoms with E-state index in [1.165, 1.54) is 12.3 Å². The van der Waals surface area contributed by atoms with Crippen LogP contribution in [0.3, 0.4) is 0 Å². The van der Waals surface area contributed by atoms with Gasteiger partial charge in [-0.1, -0.05) is 40.9 Å². The first kappa shape index (κ1) is 20.4. The average Bonchev–Trinajstić information content (AvgIpc) is 3.05. The van der Waals surface area contributed by atoms with Crippen molar-refractivity contribution in [3.63, 3.8) is 0 Å². The Bertz CT molecular complexity index is 1140. The molecule has 0 amide bonds. The molecule has 0 radical (unpaired) electrons. The number of nitrogens with zero attached hydrogens (tertiary/aromatic N) is 3. The minimum atomic E-state index is -0.608. The lowest BCUT2D eigenvalue weighted by Gasteiger charge is -2.27. The smallest absolute Gasteiger partial charge is 0.191 e. The summed E-state index contributed by atoms with van der Waals surface area (Å²) in [5.41, 5.74) is 1.73. The predicted molar refractivity (Wildman–Crippen MR) is 116 cm³/mol. The maximum Gasteiger partial charge on any atom is 0.191 e.